The number of benzene rings is 1. The number of nitrogens with zero attached hydrogens (tertiary/aromatic N) is 3. The molecule has 5 heterocycles. The Morgan fingerprint density at radius 1 is 0.971 bits per heavy atom. The van der Waals surface area contributed by atoms with E-state index in [1.165, 1.54) is 38.6 Å². The predicted octanol–water partition coefficient (Wildman–Crippen LogP) is 6.07. The average Bonchev–Trinajstić information content (AvgIpc) is 3.56. The van der Waals surface area contributed by atoms with Gasteiger partial charge in [-0.2, -0.15) is 10.1 Å². The SMILES string of the molecule is CC[C@H]1OC(=O)[C@H](C)[C@@H](OC2CC(C)(OC)C(O)C(C)O2)[C@H](C)[C@@H](OC2OC(C)CC(N(C)C)C2O)[C@](C)(OC)C[C@@H](C)C(=O)[C@H](C)[C@H]2N(N=CC3=C(Cl)c4cc(F)ccc4OC3)C(=O)O[C@]12C. The van der Waals surface area contributed by atoms with Crippen molar-refractivity contribution in [3.05, 3.63) is 35.2 Å². The van der Waals surface area contributed by atoms with Crippen LogP contribution < -0.4 is 4.74 Å². The summed E-state index contributed by atoms with van der Waals surface area (Å²) in [6.07, 6.45) is -7.27. The lowest BCUT2D eigenvalue weighted by molar-refractivity contribution is -0.319. The zero-order valence-electron chi connectivity index (χ0n) is 41.9. The quantitative estimate of drug-likeness (QED) is 0.202. The third-order valence-electron chi connectivity index (χ3n) is 15.2. The normalized spacial score (nSPS) is 42.1. The van der Waals surface area contributed by atoms with Crippen LogP contribution in [0.5, 0.6) is 5.75 Å². The fourth-order valence-electron chi connectivity index (χ4n) is 11.0. The van der Waals surface area contributed by atoms with Crippen molar-refractivity contribution in [2.75, 3.05) is 34.9 Å². The van der Waals surface area contributed by atoms with Gasteiger partial charge in [-0.15, -0.1) is 0 Å². The number of cyclic esters (lactones) is 1. The Labute approximate surface area is 404 Å². The molecule has 0 spiro atoms. The van der Waals surface area contributed by atoms with Gasteiger partial charge in [0, 0.05) is 55.6 Å². The van der Waals surface area contributed by atoms with E-state index in [1.807, 2.05) is 32.8 Å². The van der Waals surface area contributed by atoms with E-state index in [9.17, 15) is 24.2 Å². The van der Waals surface area contributed by atoms with Gasteiger partial charge in [-0.25, -0.2) is 9.18 Å². The molecule has 18 atom stereocenters. The molecular formula is C49H73ClFN3O14. The van der Waals surface area contributed by atoms with Crippen LogP contribution >= 0.6 is 11.6 Å². The van der Waals surface area contributed by atoms with E-state index < -0.39 is 114 Å². The number of aliphatic hydroxyl groups is 2. The summed E-state index contributed by atoms with van der Waals surface area (Å²) in [5, 5.41) is 28.7. The summed E-state index contributed by atoms with van der Waals surface area (Å²) >= 11 is 6.75. The van der Waals surface area contributed by atoms with E-state index in [0.29, 0.717) is 23.3 Å². The molecule has 5 aliphatic heterocycles. The molecule has 8 unspecified atom stereocenters. The number of halogens is 2. The third-order valence-corrected chi connectivity index (χ3v) is 15.6. The third kappa shape index (κ3) is 10.5. The lowest BCUT2D eigenvalue weighted by Crippen LogP contribution is -2.61. The van der Waals surface area contributed by atoms with Crippen molar-refractivity contribution in [2.24, 2.45) is 28.8 Å². The molecule has 19 heteroatoms. The van der Waals surface area contributed by atoms with Gasteiger partial charge in [0.15, 0.2) is 18.2 Å². The number of rotatable bonds is 10. The molecule has 1 aromatic carbocycles. The summed E-state index contributed by atoms with van der Waals surface area (Å²) in [6, 6.07) is 2.50. The molecule has 0 radical (unpaired) electrons. The van der Waals surface area contributed by atoms with Gasteiger partial charge in [-0.3, -0.25) is 9.59 Å². The molecular weight excluding hydrogens is 909 g/mol. The molecule has 1 amide bonds. The van der Waals surface area contributed by atoms with Gasteiger partial charge >= 0.3 is 12.1 Å². The van der Waals surface area contributed by atoms with Crippen molar-refractivity contribution in [1.29, 1.82) is 0 Å². The number of carbonyl (C=O) groups is 3. The maximum atomic E-state index is 15.1. The molecule has 4 fully saturated rings. The van der Waals surface area contributed by atoms with Crippen LogP contribution in [0.2, 0.25) is 0 Å². The van der Waals surface area contributed by atoms with E-state index in [1.54, 1.807) is 55.4 Å². The summed E-state index contributed by atoms with van der Waals surface area (Å²) in [6.45, 7) is 17.5. The number of likely N-dealkylation sites (N-methyl/N-ethyl adjacent to an activating group) is 1. The number of fused-ring (bicyclic) bond motifs is 2. The number of hydrogen-bond acceptors (Lipinski definition) is 16. The number of methoxy groups -OCH3 is 2. The Balaban J connectivity index is 1.46. The number of amides is 1. The van der Waals surface area contributed by atoms with Crippen LogP contribution in [0.3, 0.4) is 0 Å². The van der Waals surface area contributed by atoms with Gasteiger partial charge in [0.05, 0.1) is 52.8 Å². The molecule has 6 rings (SSSR count). The largest absolute Gasteiger partial charge is 0.488 e. The highest BCUT2D eigenvalue weighted by atomic mass is 35.5. The van der Waals surface area contributed by atoms with Crippen molar-refractivity contribution in [2.45, 2.75) is 179 Å². The van der Waals surface area contributed by atoms with Gasteiger partial charge < -0.3 is 57.7 Å². The van der Waals surface area contributed by atoms with Gasteiger partial charge in [-0.05, 0) is 93.1 Å². The molecule has 2 N–H and O–H groups in total. The minimum Gasteiger partial charge on any atom is -0.488 e. The highest BCUT2D eigenvalue weighted by molar-refractivity contribution is 6.51. The Kier molecular flexibility index (Phi) is 16.8. The first-order valence-electron chi connectivity index (χ1n) is 23.7. The van der Waals surface area contributed by atoms with Crippen molar-refractivity contribution in [3.8, 4) is 5.75 Å². The summed E-state index contributed by atoms with van der Waals surface area (Å²) in [7, 11) is 6.74. The Morgan fingerprint density at radius 3 is 2.28 bits per heavy atom. The van der Waals surface area contributed by atoms with Crippen molar-refractivity contribution in [3.63, 3.8) is 0 Å². The zero-order chi connectivity index (χ0) is 50.4. The second-order valence-electron chi connectivity index (χ2n) is 20.3. The lowest BCUT2D eigenvalue weighted by Gasteiger charge is -2.50. The van der Waals surface area contributed by atoms with E-state index in [-0.39, 0.29) is 48.8 Å². The monoisotopic (exact) mass is 981 g/mol. The molecule has 0 aliphatic carbocycles. The first-order chi connectivity index (χ1) is 31.8. The van der Waals surface area contributed by atoms with E-state index in [4.69, 9.17) is 54.2 Å². The van der Waals surface area contributed by atoms with Crippen LogP contribution in [0, 0.1) is 29.5 Å². The maximum absolute atomic E-state index is 15.1. The second kappa shape index (κ2) is 21.2. The Bertz CT molecular complexity index is 2060. The minimum atomic E-state index is -1.64. The summed E-state index contributed by atoms with van der Waals surface area (Å²) in [5.74, 6) is -4.75. The van der Waals surface area contributed by atoms with Crippen LogP contribution in [0.15, 0.2) is 28.9 Å². The number of ether oxygens (including phenoxy) is 9. The Hall–Kier alpha value is -3.30. The topological polar surface area (TPSA) is 194 Å². The first-order valence-corrected chi connectivity index (χ1v) is 24.1. The Morgan fingerprint density at radius 2 is 1.65 bits per heavy atom. The first kappa shape index (κ1) is 54.0. The van der Waals surface area contributed by atoms with E-state index in [0.717, 1.165) is 5.01 Å². The molecule has 17 nitrogen and oxygen atoms in total. The number of carbonyl (C=O) groups excluding carboxylic acids is 3. The number of hydrazone groups is 1. The minimum absolute atomic E-state index is 0.0430. The van der Waals surface area contributed by atoms with Gasteiger partial charge in [0.1, 0.15) is 48.3 Å². The van der Waals surface area contributed by atoms with Crippen molar-refractivity contribution >= 4 is 40.7 Å². The van der Waals surface area contributed by atoms with Crippen LogP contribution in [0.1, 0.15) is 100 Å². The summed E-state index contributed by atoms with van der Waals surface area (Å²) in [4.78, 5) is 46.1. The molecule has 1 aromatic rings. The number of esters is 1. The highest BCUT2D eigenvalue weighted by Gasteiger charge is 2.61. The molecule has 4 saturated heterocycles. The number of hydrogen-bond donors (Lipinski definition) is 2. The second-order valence-corrected chi connectivity index (χ2v) is 20.7. The zero-order valence-corrected chi connectivity index (χ0v) is 42.7. The fourth-order valence-corrected chi connectivity index (χ4v) is 11.3. The predicted molar refractivity (Wildman–Crippen MR) is 248 cm³/mol. The maximum Gasteiger partial charge on any atom is 0.431 e. The molecule has 5 aliphatic rings. The molecule has 68 heavy (non-hydrogen) atoms. The van der Waals surface area contributed by atoms with Crippen molar-refractivity contribution in [1.82, 2.24) is 9.91 Å². The summed E-state index contributed by atoms with van der Waals surface area (Å²) in [5.41, 5.74) is -3.41. The van der Waals surface area contributed by atoms with Gasteiger partial charge in [-0.1, -0.05) is 39.3 Å². The van der Waals surface area contributed by atoms with Crippen LogP contribution in [-0.2, 0) is 47.5 Å². The van der Waals surface area contributed by atoms with Gasteiger partial charge in [0.25, 0.3) is 0 Å². The van der Waals surface area contributed by atoms with Crippen LogP contribution in [-0.4, -0.2) is 163 Å². The van der Waals surface area contributed by atoms with Crippen molar-refractivity contribution < 1.29 is 71.6 Å². The summed E-state index contributed by atoms with van der Waals surface area (Å²) < 4.78 is 71.4. The molecule has 0 aromatic heterocycles. The molecule has 382 valence electrons. The smallest absolute Gasteiger partial charge is 0.431 e. The highest BCUT2D eigenvalue weighted by Crippen LogP contribution is 2.45. The fraction of sp³-hybridized carbons (Fsp3) is 0.755. The lowest BCUT2D eigenvalue weighted by atomic mass is 9.73. The van der Waals surface area contributed by atoms with E-state index in [2.05, 4.69) is 5.10 Å². The number of ketones is 1. The average molecular weight is 983 g/mol. The molecule has 0 saturated carbocycles. The standard InChI is InChI=1S/C49H73ClFN3O14/c1-15-35-49(10)41(54(46(59)68-49)52-22-30-23-62-34-17-16-31(51)19-32(34)37(30)50)26(4)38(55)24(2)20-48(9,61-14)43(67-45-39(56)33(53(11)12)18-25(3)63-45)27(5)40(28(6)44(58)65-35)66-36-21-47(8,60-13)42(57)29(7)64-36/h16-17,19,22,24-29,33,35-36,39-43,45,56-57H,15,18,20-21,23H2,1-14H3/t24-,25?,26+,27+,28-,29?,33?,35-,36?,39?,40+,41-,42?,43-,45?,47?,48-,49-/m1/s1. The van der Waals surface area contributed by atoms with Crippen LogP contribution in [0.25, 0.3) is 5.03 Å². The van der Waals surface area contributed by atoms with Crippen LogP contribution in [0.4, 0.5) is 9.18 Å². The molecule has 0 bridgehead atoms. The van der Waals surface area contributed by atoms with Gasteiger partial charge in [0.2, 0.25) is 0 Å². The van der Waals surface area contributed by atoms with E-state index >= 15 is 4.79 Å². The number of aliphatic hydroxyl groups excluding tert-OH is 2. The number of Topliss-reactive ketones (excluding diaryl/α,β-unsaturated/α-hetero) is 1.